The van der Waals surface area contributed by atoms with Crippen LogP contribution < -0.4 is 0 Å². The van der Waals surface area contributed by atoms with Gasteiger partial charge < -0.3 is 15.3 Å². The molecule has 0 aliphatic carbocycles. The lowest BCUT2D eigenvalue weighted by Crippen LogP contribution is -2.17. The van der Waals surface area contributed by atoms with Crippen LogP contribution in [0.25, 0.3) is 0 Å². The average molecular weight is 302 g/mol. The second-order valence-electron chi connectivity index (χ2n) is 6.17. The van der Waals surface area contributed by atoms with E-state index in [-0.39, 0.29) is 19.1 Å². The van der Waals surface area contributed by atoms with E-state index in [0.717, 1.165) is 70.6 Å². The van der Waals surface area contributed by atoms with Gasteiger partial charge in [-0.15, -0.1) is 0 Å². The Morgan fingerprint density at radius 2 is 1.38 bits per heavy atom. The summed E-state index contributed by atoms with van der Waals surface area (Å²) >= 11 is 0. The first-order chi connectivity index (χ1) is 10.1. The Bertz CT molecular complexity index is 243. The van der Waals surface area contributed by atoms with Gasteiger partial charge in [-0.2, -0.15) is 0 Å². The number of hydrogen-bond donors (Lipinski definition) is 3. The number of carbonyl (C=O) groups is 1. The van der Waals surface area contributed by atoms with Crippen molar-refractivity contribution in [2.45, 2.75) is 90.1 Å². The van der Waals surface area contributed by atoms with Gasteiger partial charge in [-0.25, -0.2) is 0 Å². The first kappa shape index (κ1) is 20.4. The predicted octanol–water partition coefficient (Wildman–Crippen LogP) is 3.74. The van der Waals surface area contributed by atoms with E-state index >= 15 is 0 Å². The van der Waals surface area contributed by atoms with E-state index in [0.29, 0.717) is 5.92 Å². The van der Waals surface area contributed by atoms with Crippen LogP contribution >= 0.6 is 0 Å². The largest absolute Gasteiger partial charge is 0.481 e. The maximum atomic E-state index is 10.4. The minimum Gasteiger partial charge on any atom is -0.481 e. The smallest absolute Gasteiger partial charge is 0.303 e. The number of aliphatic hydroxyl groups excluding tert-OH is 2. The summed E-state index contributed by atoms with van der Waals surface area (Å²) in [4.78, 5) is 10.4. The van der Waals surface area contributed by atoms with Crippen molar-refractivity contribution >= 4 is 5.97 Å². The van der Waals surface area contributed by atoms with Gasteiger partial charge in [-0.3, -0.25) is 4.79 Å². The summed E-state index contributed by atoms with van der Waals surface area (Å²) in [6, 6.07) is 0. The van der Waals surface area contributed by atoms with Gasteiger partial charge in [0.15, 0.2) is 0 Å². The fourth-order valence-electron chi connectivity index (χ4n) is 2.57. The Morgan fingerprint density at radius 3 is 2.00 bits per heavy atom. The Hall–Kier alpha value is -0.610. The Labute approximate surface area is 129 Å². The molecule has 3 N–H and O–H groups in total. The molecular formula is C17H34O4. The molecule has 0 bridgehead atoms. The van der Waals surface area contributed by atoms with Gasteiger partial charge in [0.25, 0.3) is 0 Å². The lowest BCUT2D eigenvalue weighted by molar-refractivity contribution is -0.137. The first-order valence-electron chi connectivity index (χ1n) is 8.58. The summed E-state index contributed by atoms with van der Waals surface area (Å²) in [7, 11) is 0. The molecule has 4 nitrogen and oxygen atoms in total. The topological polar surface area (TPSA) is 77.8 Å². The standard InChI is InChI=1S/C17H34O4/c1-15(11-7-5-6-10-14-18)16(19)12-8-3-2-4-9-13-17(20)21/h15-16,18-19H,2-14H2,1H3,(H,20,21)/t15-,16+/m1/s1. The average Bonchev–Trinajstić information content (AvgIpc) is 2.45. The van der Waals surface area contributed by atoms with Crippen molar-refractivity contribution in [2.24, 2.45) is 5.92 Å². The zero-order chi connectivity index (χ0) is 15.9. The van der Waals surface area contributed by atoms with Crippen LogP contribution in [-0.4, -0.2) is 34.0 Å². The molecule has 0 fully saturated rings. The van der Waals surface area contributed by atoms with Gasteiger partial charge in [0.1, 0.15) is 0 Å². The van der Waals surface area contributed by atoms with E-state index in [1.807, 2.05) is 0 Å². The zero-order valence-electron chi connectivity index (χ0n) is 13.6. The van der Waals surface area contributed by atoms with Crippen LogP contribution in [0.1, 0.15) is 84.0 Å². The van der Waals surface area contributed by atoms with Gasteiger partial charge in [-0.05, 0) is 31.6 Å². The number of aliphatic hydroxyl groups is 2. The number of carboxylic acids is 1. The minimum atomic E-state index is -0.710. The second-order valence-corrected chi connectivity index (χ2v) is 6.17. The number of unbranched alkanes of at least 4 members (excludes halogenated alkanes) is 7. The molecule has 0 amide bonds. The summed E-state index contributed by atoms with van der Waals surface area (Å²) in [5.41, 5.74) is 0. The molecule has 0 heterocycles. The molecule has 21 heavy (non-hydrogen) atoms. The van der Waals surface area contributed by atoms with Crippen LogP contribution in [0.15, 0.2) is 0 Å². The van der Waals surface area contributed by atoms with Crippen LogP contribution in [0.5, 0.6) is 0 Å². The number of hydrogen-bond acceptors (Lipinski definition) is 3. The molecule has 0 aromatic heterocycles. The lowest BCUT2D eigenvalue weighted by atomic mass is 9.93. The SMILES string of the molecule is C[C@H](CCCCCCO)[C@@H](O)CCCCCCCC(=O)O. The summed E-state index contributed by atoms with van der Waals surface area (Å²) < 4.78 is 0. The molecular weight excluding hydrogens is 268 g/mol. The summed E-state index contributed by atoms with van der Waals surface area (Å²) in [5.74, 6) is -0.357. The van der Waals surface area contributed by atoms with Crippen LogP contribution in [-0.2, 0) is 4.79 Å². The van der Waals surface area contributed by atoms with E-state index in [2.05, 4.69) is 6.92 Å². The molecule has 126 valence electrons. The van der Waals surface area contributed by atoms with Crippen LogP contribution in [0.4, 0.5) is 0 Å². The van der Waals surface area contributed by atoms with Crippen LogP contribution in [0.3, 0.4) is 0 Å². The summed E-state index contributed by atoms with van der Waals surface area (Å²) in [6.45, 7) is 2.40. The van der Waals surface area contributed by atoms with Gasteiger partial charge in [0.05, 0.1) is 6.10 Å². The highest BCUT2D eigenvalue weighted by Gasteiger charge is 2.13. The molecule has 0 spiro atoms. The van der Waals surface area contributed by atoms with E-state index in [1.54, 1.807) is 0 Å². The highest BCUT2D eigenvalue weighted by molar-refractivity contribution is 5.66. The molecule has 4 heteroatoms. The maximum Gasteiger partial charge on any atom is 0.303 e. The molecule has 0 saturated heterocycles. The van der Waals surface area contributed by atoms with E-state index in [4.69, 9.17) is 10.2 Å². The van der Waals surface area contributed by atoms with Crippen molar-refractivity contribution < 1.29 is 20.1 Å². The molecule has 0 unspecified atom stereocenters. The monoisotopic (exact) mass is 302 g/mol. The highest BCUT2D eigenvalue weighted by Crippen LogP contribution is 2.18. The normalized spacial score (nSPS) is 14.0. The van der Waals surface area contributed by atoms with E-state index < -0.39 is 5.97 Å². The van der Waals surface area contributed by atoms with Crippen molar-refractivity contribution in [1.29, 1.82) is 0 Å². The summed E-state index contributed by atoms with van der Waals surface area (Å²) in [5, 5.41) is 27.3. The fourth-order valence-corrected chi connectivity index (χ4v) is 2.57. The van der Waals surface area contributed by atoms with E-state index in [1.165, 1.54) is 0 Å². The van der Waals surface area contributed by atoms with Crippen molar-refractivity contribution in [3.8, 4) is 0 Å². The maximum absolute atomic E-state index is 10.4. The third-order valence-electron chi connectivity index (χ3n) is 4.11. The van der Waals surface area contributed by atoms with Crippen molar-refractivity contribution in [3.63, 3.8) is 0 Å². The lowest BCUT2D eigenvalue weighted by Gasteiger charge is -2.18. The molecule has 0 aromatic rings. The quantitative estimate of drug-likeness (QED) is 0.403. The predicted molar refractivity (Wildman–Crippen MR) is 85.3 cm³/mol. The van der Waals surface area contributed by atoms with Gasteiger partial charge in [0.2, 0.25) is 0 Å². The minimum absolute atomic E-state index is 0.207. The van der Waals surface area contributed by atoms with Gasteiger partial charge >= 0.3 is 5.97 Å². The second kappa shape index (κ2) is 14.3. The number of aliphatic carboxylic acids is 1. The Morgan fingerprint density at radius 1 is 0.857 bits per heavy atom. The van der Waals surface area contributed by atoms with Crippen molar-refractivity contribution in [2.75, 3.05) is 6.61 Å². The van der Waals surface area contributed by atoms with Gasteiger partial charge in [-0.1, -0.05) is 51.9 Å². The molecule has 0 saturated carbocycles. The van der Waals surface area contributed by atoms with Crippen LogP contribution in [0.2, 0.25) is 0 Å². The van der Waals surface area contributed by atoms with E-state index in [9.17, 15) is 9.90 Å². The molecule has 0 aromatic carbocycles. The van der Waals surface area contributed by atoms with Crippen LogP contribution in [0, 0.1) is 5.92 Å². The van der Waals surface area contributed by atoms with Gasteiger partial charge in [0, 0.05) is 13.0 Å². The number of carboxylic acid groups (broad SMARTS) is 1. The third kappa shape index (κ3) is 14.1. The molecule has 2 atom stereocenters. The Kier molecular flexibility index (Phi) is 13.9. The zero-order valence-corrected chi connectivity index (χ0v) is 13.6. The molecule has 0 radical (unpaired) electrons. The third-order valence-corrected chi connectivity index (χ3v) is 4.11. The molecule has 0 aliphatic rings. The Balaban J connectivity index is 3.38. The fraction of sp³-hybridized carbons (Fsp3) is 0.941. The highest BCUT2D eigenvalue weighted by atomic mass is 16.4. The first-order valence-corrected chi connectivity index (χ1v) is 8.58. The van der Waals surface area contributed by atoms with Crippen molar-refractivity contribution in [3.05, 3.63) is 0 Å². The molecule has 0 aliphatic heterocycles. The number of rotatable bonds is 15. The van der Waals surface area contributed by atoms with Crippen molar-refractivity contribution in [1.82, 2.24) is 0 Å². The summed E-state index contributed by atoms with van der Waals surface area (Å²) in [6.07, 6.45) is 11.1. The molecule has 0 rings (SSSR count).